The number of hydrogen-bond donors (Lipinski definition) is 2. The summed E-state index contributed by atoms with van der Waals surface area (Å²) >= 11 is 0. The van der Waals surface area contributed by atoms with Gasteiger partial charge in [-0.25, -0.2) is 0 Å². The van der Waals surface area contributed by atoms with E-state index in [1.165, 1.54) is 0 Å². The van der Waals surface area contributed by atoms with E-state index < -0.39 is 6.04 Å². The van der Waals surface area contributed by atoms with Crippen LogP contribution >= 0.6 is 0 Å². The van der Waals surface area contributed by atoms with Crippen LogP contribution in [0, 0.1) is 0 Å². The van der Waals surface area contributed by atoms with Gasteiger partial charge in [-0.15, -0.1) is 0 Å². The normalized spacial score (nSPS) is 11.4. The van der Waals surface area contributed by atoms with Crippen molar-refractivity contribution in [3.05, 3.63) is 95.6 Å². The van der Waals surface area contributed by atoms with Crippen LogP contribution < -0.4 is 20.1 Å². The van der Waals surface area contributed by atoms with Gasteiger partial charge in [-0.1, -0.05) is 66.7 Å². The van der Waals surface area contributed by atoms with Gasteiger partial charge in [0, 0.05) is 13.0 Å². The number of benzene rings is 3. The third kappa shape index (κ3) is 8.46. The molecule has 7 heteroatoms. The molecule has 7 nitrogen and oxygen atoms in total. The topological polar surface area (TPSA) is 85.9 Å². The molecule has 0 aliphatic heterocycles. The van der Waals surface area contributed by atoms with Gasteiger partial charge in [0.1, 0.15) is 12.6 Å². The molecule has 0 saturated heterocycles. The van der Waals surface area contributed by atoms with Gasteiger partial charge in [-0.05, 0) is 35.2 Å². The molecule has 2 amide bonds. The average molecular weight is 477 g/mol. The predicted octanol–water partition coefficient (Wildman–Crippen LogP) is 3.31. The molecule has 0 spiro atoms. The van der Waals surface area contributed by atoms with Crippen LogP contribution in [0.4, 0.5) is 0 Å². The van der Waals surface area contributed by atoms with Gasteiger partial charge < -0.3 is 24.8 Å². The molecule has 1 atom stereocenters. The molecule has 3 aromatic carbocycles. The molecule has 3 rings (SSSR count). The number of methoxy groups -OCH3 is 2. The van der Waals surface area contributed by atoms with E-state index in [-0.39, 0.29) is 18.4 Å². The molecule has 0 heterocycles. The zero-order valence-corrected chi connectivity index (χ0v) is 20.2. The molecule has 0 aromatic heterocycles. The van der Waals surface area contributed by atoms with Crippen molar-refractivity contribution in [2.45, 2.75) is 25.5 Å². The van der Waals surface area contributed by atoms with E-state index in [9.17, 15) is 9.59 Å². The number of carbonyl (C=O) groups excluding carboxylic acids is 2. The molecule has 35 heavy (non-hydrogen) atoms. The maximum absolute atomic E-state index is 13.0. The second kappa shape index (κ2) is 13.8. The molecule has 0 bridgehead atoms. The Kier molecular flexibility index (Phi) is 10.1. The maximum atomic E-state index is 13.0. The summed E-state index contributed by atoms with van der Waals surface area (Å²) in [6.45, 7) is 0.619. The largest absolute Gasteiger partial charge is 0.493 e. The van der Waals surface area contributed by atoms with Crippen molar-refractivity contribution in [3.63, 3.8) is 0 Å². The van der Waals surface area contributed by atoms with E-state index in [0.29, 0.717) is 37.5 Å². The minimum absolute atomic E-state index is 0.126. The van der Waals surface area contributed by atoms with E-state index >= 15 is 0 Å². The van der Waals surface area contributed by atoms with Crippen LogP contribution in [0.2, 0.25) is 0 Å². The Bertz CT molecular complexity index is 1070. The molecular formula is C28H32N2O5. The van der Waals surface area contributed by atoms with Crippen molar-refractivity contribution in [2.24, 2.45) is 0 Å². The minimum Gasteiger partial charge on any atom is -0.493 e. The Balaban J connectivity index is 1.55. The predicted molar refractivity (Wildman–Crippen MR) is 134 cm³/mol. The summed E-state index contributed by atoms with van der Waals surface area (Å²) in [5.41, 5.74) is 2.94. The fraction of sp³-hybridized carbons (Fsp3) is 0.286. The molecular weight excluding hydrogens is 444 g/mol. The summed E-state index contributed by atoms with van der Waals surface area (Å²) in [5, 5.41) is 5.76. The quantitative estimate of drug-likeness (QED) is 0.395. The lowest BCUT2D eigenvalue weighted by Crippen LogP contribution is -2.49. The van der Waals surface area contributed by atoms with Crippen LogP contribution in [-0.4, -0.2) is 45.2 Å². The summed E-state index contributed by atoms with van der Waals surface area (Å²) < 4.78 is 16.1. The first-order valence-corrected chi connectivity index (χ1v) is 11.5. The van der Waals surface area contributed by atoms with Crippen molar-refractivity contribution in [1.29, 1.82) is 0 Å². The van der Waals surface area contributed by atoms with Crippen molar-refractivity contribution < 1.29 is 23.8 Å². The van der Waals surface area contributed by atoms with E-state index in [1.807, 2.05) is 78.9 Å². The number of carbonyl (C=O) groups is 2. The second-order valence-corrected chi connectivity index (χ2v) is 8.02. The van der Waals surface area contributed by atoms with Gasteiger partial charge in [0.2, 0.25) is 11.8 Å². The zero-order chi connectivity index (χ0) is 24.9. The monoisotopic (exact) mass is 476 g/mol. The Morgan fingerprint density at radius 2 is 1.46 bits per heavy atom. The van der Waals surface area contributed by atoms with E-state index in [2.05, 4.69) is 10.6 Å². The molecule has 0 fully saturated rings. The first-order valence-electron chi connectivity index (χ1n) is 11.5. The maximum Gasteiger partial charge on any atom is 0.246 e. The molecule has 184 valence electrons. The lowest BCUT2D eigenvalue weighted by molar-refractivity contribution is -0.131. The molecule has 0 aliphatic rings. The number of hydrogen-bond acceptors (Lipinski definition) is 5. The Labute approximate surface area is 206 Å². The number of rotatable bonds is 13. The number of nitrogens with one attached hydrogen (secondary N) is 2. The molecule has 3 aromatic rings. The molecule has 0 saturated carbocycles. The van der Waals surface area contributed by atoms with E-state index in [1.54, 1.807) is 14.2 Å². The minimum atomic E-state index is -0.712. The first kappa shape index (κ1) is 25.8. The highest BCUT2D eigenvalue weighted by Gasteiger charge is 2.21. The van der Waals surface area contributed by atoms with Crippen LogP contribution in [-0.2, 0) is 33.8 Å². The van der Waals surface area contributed by atoms with Crippen LogP contribution in [0.5, 0.6) is 11.5 Å². The summed E-state index contributed by atoms with van der Waals surface area (Å²) in [6, 6.07) is 24.2. The lowest BCUT2D eigenvalue weighted by atomic mass is 10.0. The van der Waals surface area contributed by atoms with Crippen molar-refractivity contribution >= 4 is 11.8 Å². The Hall–Kier alpha value is -3.84. The zero-order valence-electron chi connectivity index (χ0n) is 20.2. The second-order valence-electron chi connectivity index (χ2n) is 8.02. The molecule has 1 unspecified atom stereocenters. The van der Waals surface area contributed by atoms with Crippen LogP contribution in [0.15, 0.2) is 78.9 Å². The van der Waals surface area contributed by atoms with E-state index in [0.717, 1.165) is 16.7 Å². The number of amides is 2. The van der Waals surface area contributed by atoms with Crippen LogP contribution in [0.1, 0.15) is 16.7 Å². The SMILES string of the molecule is COc1ccc(CCNC(=O)C(Cc2ccccc2)NC(=O)COCc2ccccc2)cc1OC. The first-order chi connectivity index (χ1) is 17.1. The van der Waals surface area contributed by atoms with Gasteiger partial charge >= 0.3 is 0 Å². The summed E-state index contributed by atoms with van der Waals surface area (Å²) in [6.07, 6.45) is 0.992. The summed E-state index contributed by atoms with van der Waals surface area (Å²) in [7, 11) is 3.18. The highest BCUT2D eigenvalue weighted by Crippen LogP contribution is 2.27. The Morgan fingerprint density at radius 1 is 0.800 bits per heavy atom. The average Bonchev–Trinajstić information content (AvgIpc) is 2.89. The summed E-state index contributed by atoms with van der Waals surface area (Å²) in [4.78, 5) is 25.5. The third-order valence-electron chi connectivity index (χ3n) is 5.44. The summed E-state index contributed by atoms with van der Waals surface area (Å²) in [5.74, 6) is 0.712. The molecule has 0 aliphatic carbocycles. The van der Waals surface area contributed by atoms with Gasteiger partial charge in [0.15, 0.2) is 11.5 Å². The van der Waals surface area contributed by atoms with Crippen molar-refractivity contribution in [3.8, 4) is 11.5 Å². The highest BCUT2D eigenvalue weighted by molar-refractivity contribution is 5.88. The third-order valence-corrected chi connectivity index (χ3v) is 5.44. The highest BCUT2D eigenvalue weighted by atomic mass is 16.5. The van der Waals surface area contributed by atoms with Crippen LogP contribution in [0.3, 0.4) is 0 Å². The van der Waals surface area contributed by atoms with Gasteiger partial charge in [-0.2, -0.15) is 0 Å². The van der Waals surface area contributed by atoms with E-state index in [4.69, 9.17) is 14.2 Å². The smallest absolute Gasteiger partial charge is 0.246 e. The molecule has 2 N–H and O–H groups in total. The Morgan fingerprint density at radius 3 is 2.11 bits per heavy atom. The standard InChI is InChI=1S/C28H32N2O5/c1-33-25-14-13-22(18-26(25)34-2)15-16-29-28(32)24(17-21-9-5-3-6-10-21)30-27(31)20-35-19-23-11-7-4-8-12-23/h3-14,18,24H,15-17,19-20H2,1-2H3,(H,29,32)(H,30,31). The lowest BCUT2D eigenvalue weighted by Gasteiger charge is -2.19. The van der Waals surface area contributed by atoms with Gasteiger partial charge in [0.25, 0.3) is 0 Å². The molecule has 0 radical (unpaired) electrons. The van der Waals surface area contributed by atoms with Gasteiger partial charge in [0.05, 0.1) is 20.8 Å². The van der Waals surface area contributed by atoms with Crippen LogP contribution in [0.25, 0.3) is 0 Å². The fourth-order valence-electron chi connectivity index (χ4n) is 3.62. The van der Waals surface area contributed by atoms with Gasteiger partial charge in [-0.3, -0.25) is 9.59 Å². The van der Waals surface area contributed by atoms with Crippen molar-refractivity contribution in [1.82, 2.24) is 10.6 Å². The number of ether oxygens (including phenoxy) is 3. The fourth-order valence-corrected chi connectivity index (χ4v) is 3.62. The van der Waals surface area contributed by atoms with Crippen molar-refractivity contribution in [2.75, 3.05) is 27.4 Å².